The van der Waals surface area contributed by atoms with Crippen LogP contribution in [0.15, 0.2) is 30.3 Å². The van der Waals surface area contributed by atoms with E-state index in [-0.39, 0.29) is 5.97 Å². The Kier molecular flexibility index (Phi) is 7.53. The fourth-order valence-corrected chi connectivity index (χ4v) is 2.52. The number of rotatable bonds is 10. The number of benzene rings is 1. The van der Waals surface area contributed by atoms with Gasteiger partial charge >= 0.3 is 5.97 Å². The molecule has 1 aromatic carbocycles. The summed E-state index contributed by atoms with van der Waals surface area (Å²) >= 11 is 0. The van der Waals surface area contributed by atoms with Gasteiger partial charge in [0.2, 0.25) is 5.88 Å². The smallest absolute Gasteiger partial charge is 0.339 e. The second-order valence-electron chi connectivity index (χ2n) is 5.92. The average Bonchev–Trinajstić information content (AvgIpc) is 2.61. The second kappa shape index (κ2) is 9.91. The topological polar surface area (TPSA) is 48.4 Å². The number of esters is 1. The van der Waals surface area contributed by atoms with Gasteiger partial charge in [-0.25, -0.2) is 9.78 Å². The van der Waals surface area contributed by atoms with Crippen LogP contribution in [0.1, 0.15) is 62.7 Å². The van der Waals surface area contributed by atoms with E-state index < -0.39 is 0 Å². The molecule has 0 saturated carbocycles. The number of pyridine rings is 1. The maximum Gasteiger partial charge on any atom is 0.339 e. The highest BCUT2D eigenvalue weighted by atomic mass is 16.5. The lowest BCUT2D eigenvalue weighted by atomic mass is 10.1. The highest BCUT2D eigenvalue weighted by Crippen LogP contribution is 2.23. The summed E-state index contributed by atoms with van der Waals surface area (Å²) in [4.78, 5) is 16.9. The van der Waals surface area contributed by atoms with Crippen molar-refractivity contribution in [2.45, 2.75) is 52.4 Å². The summed E-state index contributed by atoms with van der Waals surface area (Å²) in [6.07, 6.45) is 6.32. The predicted octanol–water partition coefficient (Wildman–Crippen LogP) is 5.15. The Hall–Kier alpha value is -2.10. The summed E-state index contributed by atoms with van der Waals surface area (Å²) in [6.45, 7) is 5.35. The molecule has 0 aliphatic rings. The van der Waals surface area contributed by atoms with Crippen molar-refractivity contribution in [2.24, 2.45) is 0 Å². The van der Waals surface area contributed by atoms with Crippen molar-refractivity contribution in [3.8, 4) is 5.88 Å². The van der Waals surface area contributed by atoms with Crippen molar-refractivity contribution in [3.05, 3.63) is 35.9 Å². The molecule has 0 bridgehead atoms. The third-order valence-corrected chi connectivity index (χ3v) is 3.89. The molecule has 0 radical (unpaired) electrons. The average molecular weight is 329 g/mol. The quantitative estimate of drug-likeness (QED) is 0.447. The molecule has 0 fully saturated rings. The van der Waals surface area contributed by atoms with Crippen LogP contribution in [0.25, 0.3) is 10.9 Å². The van der Waals surface area contributed by atoms with Crippen LogP contribution < -0.4 is 4.74 Å². The second-order valence-corrected chi connectivity index (χ2v) is 5.92. The van der Waals surface area contributed by atoms with E-state index in [9.17, 15) is 4.79 Å². The largest absolute Gasteiger partial charge is 0.478 e. The van der Waals surface area contributed by atoms with Gasteiger partial charge in [-0.3, -0.25) is 0 Å². The molecule has 4 nitrogen and oxygen atoms in total. The van der Waals surface area contributed by atoms with Gasteiger partial charge in [-0.2, -0.15) is 0 Å². The first-order valence-electron chi connectivity index (χ1n) is 8.96. The number of nitrogens with zero attached hydrogens (tertiary/aromatic N) is 1. The van der Waals surface area contributed by atoms with Crippen LogP contribution in [0.3, 0.4) is 0 Å². The highest BCUT2D eigenvalue weighted by Gasteiger charge is 2.14. The summed E-state index contributed by atoms with van der Waals surface area (Å²) in [5, 5.41) is 0.805. The molecule has 4 heteroatoms. The molecule has 24 heavy (non-hydrogen) atoms. The standard InChI is InChI=1S/C20H27NO3/c1-3-5-9-13-23-19-15-17(20(22)24-14-10-6-4-2)16-11-7-8-12-18(16)21-19/h7-8,11-12,15H,3-6,9-10,13-14H2,1-2H3. The van der Waals surface area contributed by atoms with Gasteiger partial charge in [0.25, 0.3) is 0 Å². The Morgan fingerprint density at radius 3 is 2.46 bits per heavy atom. The van der Waals surface area contributed by atoms with Gasteiger partial charge in [0.05, 0.1) is 24.3 Å². The molecular formula is C20H27NO3. The van der Waals surface area contributed by atoms with E-state index in [1.165, 1.54) is 0 Å². The van der Waals surface area contributed by atoms with Crippen LogP contribution in [0.4, 0.5) is 0 Å². The third kappa shape index (κ3) is 5.22. The van der Waals surface area contributed by atoms with E-state index in [1.807, 2.05) is 24.3 Å². The molecule has 0 aliphatic carbocycles. The molecule has 1 aromatic heterocycles. The van der Waals surface area contributed by atoms with Crippen molar-refractivity contribution >= 4 is 16.9 Å². The Bertz CT molecular complexity index is 654. The number of hydrogen-bond acceptors (Lipinski definition) is 4. The van der Waals surface area contributed by atoms with E-state index in [2.05, 4.69) is 18.8 Å². The van der Waals surface area contributed by atoms with Gasteiger partial charge in [-0.05, 0) is 18.9 Å². The lowest BCUT2D eigenvalue weighted by Gasteiger charge is -2.10. The summed E-state index contributed by atoms with van der Waals surface area (Å²) in [7, 11) is 0. The van der Waals surface area contributed by atoms with Gasteiger partial charge in [0, 0.05) is 11.5 Å². The number of carbonyl (C=O) groups excluding carboxylic acids is 1. The first kappa shape index (κ1) is 18.2. The Balaban J connectivity index is 2.14. The molecule has 0 spiro atoms. The first-order valence-corrected chi connectivity index (χ1v) is 8.96. The minimum atomic E-state index is -0.303. The summed E-state index contributed by atoms with van der Waals surface area (Å²) in [6, 6.07) is 9.30. The Morgan fingerprint density at radius 2 is 1.71 bits per heavy atom. The SMILES string of the molecule is CCCCCOC(=O)c1cc(OCCCCC)nc2ccccc12. The molecule has 2 rings (SSSR count). The van der Waals surface area contributed by atoms with Gasteiger partial charge in [-0.15, -0.1) is 0 Å². The summed E-state index contributed by atoms with van der Waals surface area (Å²) < 4.78 is 11.1. The normalized spacial score (nSPS) is 10.8. The van der Waals surface area contributed by atoms with E-state index in [4.69, 9.17) is 9.47 Å². The molecule has 1 heterocycles. The number of unbranched alkanes of at least 4 members (excludes halogenated alkanes) is 4. The third-order valence-electron chi connectivity index (χ3n) is 3.89. The van der Waals surface area contributed by atoms with Gasteiger partial charge in [-0.1, -0.05) is 57.7 Å². The van der Waals surface area contributed by atoms with Crippen molar-refractivity contribution in [1.29, 1.82) is 0 Å². The zero-order valence-electron chi connectivity index (χ0n) is 14.7. The zero-order chi connectivity index (χ0) is 17.2. The Morgan fingerprint density at radius 1 is 1.00 bits per heavy atom. The van der Waals surface area contributed by atoms with Crippen LogP contribution in [0.2, 0.25) is 0 Å². The minimum absolute atomic E-state index is 0.303. The van der Waals surface area contributed by atoms with Crippen LogP contribution in [0, 0.1) is 0 Å². The van der Waals surface area contributed by atoms with Gasteiger partial charge < -0.3 is 9.47 Å². The Labute approximate surface area is 144 Å². The van der Waals surface area contributed by atoms with Crippen molar-refractivity contribution in [1.82, 2.24) is 4.98 Å². The van der Waals surface area contributed by atoms with E-state index in [0.717, 1.165) is 49.4 Å². The lowest BCUT2D eigenvalue weighted by molar-refractivity contribution is 0.0500. The molecule has 2 aromatic rings. The lowest BCUT2D eigenvalue weighted by Crippen LogP contribution is -2.09. The highest BCUT2D eigenvalue weighted by molar-refractivity contribution is 6.03. The molecule has 0 atom stereocenters. The molecule has 0 N–H and O–H groups in total. The monoisotopic (exact) mass is 329 g/mol. The van der Waals surface area contributed by atoms with Crippen molar-refractivity contribution < 1.29 is 14.3 Å². The zero-order valence-corrected chi connectivity index (χ0v) is 14.7. The molecule has 0 unspecified atom stereocenters. The van der Waals surface area contributed by atoms with Gasteiger partial charge in [0.1, 0.15) is 0 Å². The number of para-hydroxylation sites is 1. The predicted molar refractivity (Wildman–Crippen MR) is 96.6 cm³/mol. The number of carbonyl (C=O) groups is 1. The maximum atomic E-state index is 12.4. The van der Waals surface area contributed by atoms with E-state index in [0.29, 0.717) is 24.7 Å². The van der Waals surface area contributed by atoms with Crippen LogP contribution >= 0.6 is 0 Å². The van der Waals surface area contributed by atoms with E-state index in [1.54, 1.807) is 6.07 Å². The fourth-order valence-electron chi connectivity index (χ4n) is 2.52. The fraction of sp³-hybridized carbons (Fsp3) is 0.500. The van der Waals surface area contributed by atoms with E-state index >= 15 is 0 Å². The molecule has 0 aliphatic heterocycles. The number of hydrogen-bond donors (Lipinski definition) is 0. The molecule has 130 valence electrons. The number of ether oxygens (including phenoxy) is 2. The van der Waals surface area contributed by atoms with Crippen molar-refractivity contribution in [2.75, 3.05) is 13.2 Å². The minimum Gasteiger partial charge on any atom is -0.478 e. The van der Waals surface area contributed by atoms with Crippen LogP contribution in [0.5, 0.6) is 5.88 Å². The number of fused-ring (bicyclic) bond motifs is 1. The molecule has 0 saturated heterocycles. The maximum absolute atomic E-state index is 12.4. The molecular weight excluding hydrogens is 302 g/mol. The van der Waals surface area contributed by atoms with Crippen molar-refractivity contribution in [3.63, 3.8) is 0 Å². The summed E-state index contributed by atoms with van der Waals surface area (Å²) in [5.41, 5.74) is 1.29. The first-order chi connectivity index (χ1) is 11.8. The van der Waals surface area contributed by atoms with Crippen LogP contribution in [-0.2, 0) is 4.74 Å². The number of aromatic nitrogens is 1. The van der Waals surface area contributed by atoms with Crippen LogP contribution in [-0.4, -0.2) is 24.2 Å². The molecule has 0 amide bonds. The summed E-state index contributed by atoms with van der Waals surface area (Å²) in [5.74, 6) is 0.188. The van der Waals surface area contributed by atoms with Gasteiger partial charge in [0.15, 0.2) is 0 Å².